The molecule has 1 aromatic carbocycles. The first-order chi connectivity index (χ1) is 8.66. The Bertz CT molecular complexity index is 451. The SMILES string of the molecule is Nc1cccc(C(=O)NC(=O)C2CCCCC2)c1. The molecule has 1 aliphatic carbocycles. The fourth-order valence-electron chi connectivity index (χ4n) is 2.33. The van der Waals surface area contributed by atoms with E-state index in [1.807, 2.05) is 0 Å². The molecule has 18 heavy (non-hydrogen) atoms. The van der Waals surface area contributed by atoms with Crippen molar-refractivity contribution in [1.82, 2.24) is 5.32 Å². The molecule has 0 atom stereocenters. The van der Waals surface area contributed by atoms with Crippen molar-refractivity contribution in [3.63, 3.8) is 0 Å². The van der Waals surface area contributed by atoms with Crippen LogP contribution in [0.2, 0.25) is 0 Å². The van der Waals surface area contributed by atoms with Gasteiger partial charge >= 0.3 is 0 Å². The zero-order valence-corrected chi connectivity index (χ0v) is 10.3. The van der Waals surface area contributed by atoms with Crippen LogP contribution in [0, 0.1) is 5.92 Å². The Morgan fingerprint density at radius 1 is 1.17 bits per heavy atom. The topological polar surface area (TPSA) is 72.2 Å². The van der Waals surface area contributed by atoms with Gasteiger partial charge in [-0.15, -0.1) is 0 Å². The monoisotopic (exact) mass is 246 g/mol. The van der Waals surface area contributed by atoms with Crippen LogP contribution in [0.5, 0.6) is 0 Å². The molecule has 0 aliphatic heterocycles. The zero-order valence-electron chi connectivity index (χ0n) is 10.3. The molecular weight excluding hydrogens is 228 g/mol. The first kappa shape index (κ1) is 12.6. The summed E-state index contributed by atoms with van der Waals surface area (Å²) in [6.45, 7) is 0. The van der Waals surface area contributed by atoms with Gasteiger partial charge in [0, 0.05) is 17.2 Å². The number of nitrogen functional groups attached to an aromatic ring is 1. The summed E-state index contributed by atoms with van der Waals surface area (Å²) in [5, 5.41) is 2.46. The van der Waals surface area contributed by atoms with E-state index in [0.29, 0.717) is 11.3 Å². The molecule has 4 nitrogen and oxygen atoms in total. The average Bonchev–Trinajstić information content (AvgIpc) is 2.39. The second-order valence-corrected chi connectivity index (χ2v) is 4.78. The minimum Gasteiger partial charge on any atom is -0.399 e. The Hall–Kier alpha value is -1.84. The van der Waals surface area contributed by atoms with Crippen LogP contribution in [0.25, 0.3) is 0 Å². The second kappa shape index (κ2) is 5.67. The van der Waals surface area contributed by atoms with Crippen molar-refractivity contribution in [2.45, 2.75) is 32.1 Å². The lowest BCUT2D eigenvalue weighted by molar-refractivity contribution is -0.124. The molecule has 0 spiro atoms. The molecule has 0 radical (unpaired) electrons. The summed E-state index contributed by atoms with van der Waals surface area (Å²) in [4.78, 5) is 23.8. The van der Waals surface area contributed by atoms with E-state index in [-0.39, 0.29) is 17.7 Å². The molecule has 4 heteroatoms. The van der Waals surface area contributed by atoms with Crippen molar-refractivity contribution >= 4 is 17.5 Å². The van der Waals surface area contributed by atoms with Crippen molar-refractivity contribution in [1.29, 1.82) is 0 Å². The molecule has 0 aromatic heterocycles. The third kappa shape index (κ3) is 3.09. The van der Waals surface area contributed by atoms with Crippen molar-refractivity contribution < 1.29 is 9.59 Å². The van der Waals surface area contributed by atoms with Crippen molar-refractivity contribution in [3.8, 4) is 0 Å². The van der Waals surface area contributed by atoms with E-state index in [2.05, 4.69) is 5.32 Å². The number of hydrogen-bond donors (Lipinski definition) is 2. The number of imide groups is 1. The summed E-state index contributed by atoms with van der Waals surface area (Å²) >= 11 is 0. The lowest BCUT2D eigenvalue weighted by atomic mass is 9.88. The molecule has 1 aliphatic rings. The van der Waals surface area contributed by atoms with Crippen LogP contribution in [-0.4, -0.2) is 11.8 Å². The maximum atomic E-state index is 11.9. The number of anilines is 1. The van der Waals surface area contributed by atoms with Gasteiger partial charge < -0.3 is 5.73 Å². The van der Waals surface area contributed by atoms with Crippen molar-refractivity contribution in [2.24, 2.45) is 5.92 Å². The number of amides is 2. The molecule has 2 rings (SSSR count). The van der Waals surface area contributed by atoms with E-state index in [9.17, 15) is 9.59 Å². The van der Waals surface area contributed by atoms with Crippen LogP contribution < -0.4 is 11.1 Å². The quantitative estimate of drug-likeness (QED) is 0.620. The van der Waals surface area contributed by atoms with Crippen LogP contribution in [0.4, 0.5) is 5.69 Å². The number of carbonyl (C=O) groups excluding carboxylic acids is 2. The minimum atomic E-state index is -0.363. The molecule has 0 bridgehead atoms. The van der Waals surface area contributed by atoms with Crippen molar-refractivity contribution in [2.75, 3.05) is 5.73 Å². The Morgan fingerprint density at radius 3 is 2.56 bits per heavy atom. The second-order valence-electron chi connectivity index (χ2n) is 4.78. The number of benzene rings is 1. The fraction of sp³-hybridized carbons (Fsp3) is 0.429. The summed E-state index contributed by atoms with van der Waals surface area (Å²) in [6.07, 6.45) is 5.11. The molecule has 96 valence electrons. The maximum absolute atomic E-state index is 11.9. The van der Waals surface area contributed by atoms with Crippen LogP contribution in [-0.2, 0) is 4.79 Å². The highest BCUT2D eigenvalue weighted by atomic mass is 16.2. The van der Waals surface area contributed by atoms with E-state index in [1.54, 1.807) is 24.3 Å². The molecular formula is C14H18N2O2. The van der Waals surface area contributed by atoms with Gasteiger partial charge in [0.15, 0.2) is 0 Å². The summed E-state index contributed by atoms with van der Waals surface area (Å²) in [5.74, 6) is -0.524. The van der Waals surface area contributed by atoms with Gasteiger partial charge in [0.05, 0.1) is 0 Å². The van der Waals surface area contributed by atoms with Gasteiger partial charge in [0.1, 0.15) is 0 Å². The Morgan fingerprint density at radius 2 is 1.89 bits per heavy atom. The Labute approximate surface area is 107 Å². The van der Waals surface area contributed by atoms with Gasteiger partial charge in [-0.3, -0.25) is 14.9 Å². The maximum Gasteiger partial charge on any atom is 0.257 e. The normalized spacial score (nSPS) is 16.2. The van der Waals surface area contributed by atoms with Gasteiger partial charge in [-0.2, -0.15) is 0 Å². The van der Waals surface area contributed by atoms with Crippen molar-refractivity contribution in [3.05, 3.63) is 29.8 Å². The van der Waals surface area contributed by atoms with Gasteiger partial charge in [0.2, 0.25) is 5.91 Å². The highest BCUT2D eigenvalue weighted by Gasteiger charge is 2.22. The van der Waals surface area contributed by atoms with Gasteiger partial charge in [-0.1, -0.05) is 25.3 Å². The fourth-order valence-corrected chi connectivity index (χ4v) is 2.33. The van der Waals surface area contributed by atoms with E-state index in [4.69, 9.17) is 5.73 Å². The minimum absolute atomic E-state index is 0.0104. The summed E-state index contributed by atoms with van der Waals surface area (Å²) in [5.41, 5.74) is 6.56. The number of carbonyl (C=O) groups is 2. The molecule has 0 heterocycles. The third-order valence-corrected chi connectivity index (χ3v) is 3.36. The number of rotatable bonds is 2. The predicted octanol–water partition coefficient (Wildman–Crippen LogP) is 2.11. The predicted molar refractivity (Wildman–Crippen MR) is 69.9 cm³/mol. The third-order valence-electron chi connectivity index (χ3n) is 3.36. The Balaban J connectivity index is 1.96. The van der Waals surface area contributed by atoms with Crippen LogP contribution in [0.1, 0.15) is 42.5 Å². The highest BCUT2D eigenvalue weighted by molar-refractivity contribution is 6.05. The van der Waals surface area contributed by atoms with Gasteiger partial charge in [0.25, 0.3) is 5.91 Å². The van der Waals surface area contributed by atoms with Crippen LogP contribution >= 0.6 is 0 Å². The number of nitrogens with one attached hydrogen (secondary N) is 1. The smallest absolute Gasteiger partial charge is 0.257 e. The van der Waals surface area contributed by atoms with E-state index in [0.717, 1.165) is 25.7 Å². The molecule has 1 aromatic rings. The van der Waals surface area contributed by atoms with Gasteiger partial charge in [-0.05, 0) is 31.0 Å². The largest absolute Gasteiger partial charge is 0.399 e. The zero-order chi connectivity index (χ0) is 13.0. The molecule has 3 N–H and O–H groups in total. The van der Waals surface area contributed by atoms with E-state index < -0.39 is 0 Å². The molecule has 1 saturated carbocycles. The number of nitrogens with two attached hydrogens (primary N) is 1. The highest BCUT2D eigenvalue weighted by Crippen LogP contribution is 2.23. The lowest BCUT2D eigenvalue weighted by Crippen LogP contribution is -2.36. The van der Waals surface area contributed by atoms with Crippen LogP contribution in [0.15, 0.2) is 24.3 Å². The summed E-state index contributed by atoms with van der Waals surface area (Å²) in [6, 6.07) is 6.64. The summed E-state index contributed by atoms with van der Waals surface area (Å²) < 4.78 is 0. The Kier molecular flexibility index (Phi) is 3.97. The van der Waals surface area contributed by atoms with Gasteiger partial charge in [-0.25, -0.2) is 0 Å². The molecule has 1 fully saturated rings. The standard InChI is InChI=1S/C14H18N2O2/c15-12-8-4-7-11(9-12)14(18)16-13(17)10-5-2-1-3-6-10/h4,7-10H,1-3,5-6,15H2,(H,16,17,18). The molecule has 2 amide bonds. The lowest BCUT2D eigenvalue weighted by Gasteiger charge is -2.20. The average molecular weight is 246 g/mol. The van der Waals surface area contributed by atoms with Crippen LogP contribution in [0.3, 0.4) is 0 Å². The first-order valence-corrected chi connectivity index (χ1v) is 6.37. The molecule has 0 saturated heterocycles. The van der Waals surface area contributed by atoms with E-state index in [1.165, 1.54) is 6.42 Å². The van der Waals surface area contributed by atoms with E-state index >= 15 is 0 Å². The molecule has 0 unspecified atom stereocenters. The first-order valence-electron chi connectivity index (χ1n) is 6.37. The summed E-state index contributed by atoms with van der Waals surface area (Å²) in [7, 11) is 0. The number of hydrogen-bond acceptors (Lipinski definition) is 3.